The summed E-state index contributed by atoms with van der Waals surface area (Å²) in [5.74, 6) is 0. The summed E-state index contributed by atoms with van der Waals surface area (Å²) in [6, 6.07) is 8.10. The first kappa shape index (κ1) is 9.76. The van der Waals surface area contributed by atoms with Gasteiger partial charge in [-0.3, -0.25) is 0 Å². The van der Waals surface area contributed by atoms with Crippen LogP contribution in [-0.4, -0.2) is 7.11 Å². The lowest BCUT2D eigenvalue weighted by Crippen LogP contribution is -2.00. The van der Waals surface area contributed by atoms with Crippen LogP contribution in [0.25, 0.3) is 0 Å². The fraction of sp³-hybridized carbons (Fsp3) is 0.364. The number of ether oxygens (including phenoxy) is 1. The SMILES string of the molecule is COC(C#N)c1ccc(C)cc1C. The molecule has 0 heterocycles. The number of hydrogen-bond donors (Lipinski definition) is 0. The standard InChI is InChI=1S/C11H13NO/c1-8-4-5-10(9(2)6-8)11(7-12)13-3/h4-6,11H,1-3H3. The highest BCUT2D eigenvalue weighted by Crippen LogP contribution is 2.20. The Morgan fingerprint density at radius 1 is 1.38 bits per heavy atom. The van der Waals surface area contributed by atoms with Gasteiger partial charge in [-0.05, 0) is 25.0 Å². The zero-order valence-corrected chi connectivity index (χ0v) is 8.16. The van der Waals surface area contributed by atoms with Crippen molar-refractivity contribution in [3.8, 4) is 6.07 Å². The first-order valence-electron chi connectivity index (χ1n) is 4.18. The molecular weight excluding hydrogens is 162 g/mol. The van der Waals surface area contributed by atoms with Gasteiger partial charge in [0.2, 0.25) is 0 Å². The molecule has 0 aliphatic carbocycles. The first-order chi connectivity index (χ1) is 6.19. The molecule has 0 aliphatic rings. The lowest BCUT2D eigenvalue weighted by molar-refractivity contribution is 0.148. The van der Waals surface area contributed by atoms with Crippen molar-refractivity contribution in [2.24, 2.45) is 0 Å². The smallest absolute Gasteiger partial charge is 0.168 e. The lowest BCUT2D eigenvalue weighted by Gasteiger charge is -2.10. The van der Waals surface area contributed by atoms with E-state index in [-0.39, 0.29) is 0 Å². The van der Waals surface area contributed by atoms with Gasteiger partial charge in [0.05, 0.1) is 6.07 Å². The second kappa shape index (κ2) is 4.06. The Labute approximate surface area is 78.8 Å². The number of nitriles is 1. The van der Waals surface area contributed by atoms with Crippen LogP contribution in [0.5, 0.6) is 0 Å². The zero-order valence-electron chi connectivity index (χ0n) is 8.16. The van der Waals surface area contributed by atoms with Crippen molar-refractivity contribution in [3.05, 3.63) is 34.9 Å². The van der Waals surface area contributed by atoms with Crippen molar-refractivity contribution in [1.82, 2.24) is 0 Å². The van der Waals surface area contributed by atoms with Gasteiger partial charge in [0.1, 0.15) is 0 Å². The first-order valence-corrected chi connectivity index (χ1v) is 4.18. The molecule has 0 radical (unpaired) electrons. The van der Waals surface area contributed by atoms with E-state index < -0.39 is 6.10 Å². The van der Waals surface area contributed by atoms with Crippen molar-refractivity contribution < 1.29 is 4.74 Å². The van der Waals surface area contributed by atoms with Gasteiger partial charge in [0, 0.05) is 7.11 Å². The normalized spacial score (nSPS) is 12.2. The van der Waals surface area contributed by atoms with Gasteiger partial charge in [-0.2, -0.15) is 5.26 Å². The van der Waals surface area contributed by atoms with Crippen LogP contribution in [0.15, 0.2) is 18.2 Å². The van der Waals surface area contributed by atoms with Crippen LogP contribution in [0.4, 0.5) is 0 Å². The van der Waals surface area contributed by atoms with Crippen LogP contribution in [0.2, 0.25) is 0 Å². The molecule has 0 fully saturated rings. The molecule has 0 bridgehead atoms. The fourth-order valence-electron chi connectivity index (χ4n) is 1.37. The van der Waals surface area contributed by atoms with E-state index in [1.807, 2.05) is 26.0 Å². The van der Waals surface area contributed by atoms with Crippen molar-refractivity contribution in [2.45, 2.75) is 20.0 Å². The Bertz CT molecular complexity index is 338. The summed E-state index contributed by atoms with van der Waals surface area (Å²) in [5, 5.41) is 8.80. The van der Waals surface area contributed by atoms with E-state index >= 15 is 0 Å². The van der Waals surface area contributed by atoms with E-state index in [0.717, 1.165) is 11.1 Å². The summed E-state index contributed by atoms with van der Waals surface area (Å²) in [7, 11) is 1.55. The molecule has 0 N–H and O–H groups in total. The average molecular weight is 175 g/mol. The molecule has 0 amide bonds. The summed E-state index contributed by atoms with van der Waals surface area (Å²) in [6.45, 7) is 4.02. The van der Waals surface area contributed by atoms with E-state index in [1.54, 1.807) is 7.11 Å². The maximum absolute atomic E-state index is 8.80. The van der Waals surface area contributed by atoms with Crippen molar-refractivity contribution in [2.75, 3.05) is 7.11 Å². The van der Waals surface area contributed by atoms with Crippen molar-refractivity contribution >= 4 is 0 Å². The Morgan fingerprint density at radius 2 is 2.08 bits per heavy atom. The molecule has 1 unspecified atom stereocenters. The van der Waals surface area contributed by atoms with E-state index in [2.05, 4.69) is 12.1 Å². The maximum atomic E-state index is 8.80. The summed E-state index contributed by atoms with van der Waals surface area (Å²) >= 11 is 0. The third-order valence-electron chi connectivity index (χ3n) is 2.06. The number of aryl methyl sites for hydroxylation is 2. The summed E-state index contributed by atoms with van der Waals surface area (Å²) in [4.78, 5) is 0. The molecule has 0 spiro atoms. The molecule has 0 saturated heterocycles. The molecule has 2 heteroatoms. The number of methoxy groups -OCH3 is 1. The number of nitrogens with zero attached hydrogens (tertiary/aromatic N) is 1. The fourth-order valence-corrected chi connectivity index (χ4v) is 1.37. The summed E-state index contributed by atoms with van der Waals surface area (Å²) < 4.78 is 5.05. The van der Waals surface area contributed by atoms with E-state index in [4.69, 9.17) is 10.00 Å². The van der Waals surface area contributed by atoms with Gasteiger partial charge in [-0.1, -0.05) is 23.8 Å². The highest BCUT2D eigenvalue weighted by Gasteiger charge is 2.10. The topological polar surface area (TPSA) is 33.0 Å². The van der Waals surface area contributed by atoms with Crippen LogP contribution >= 0.6 is 0 Å². The minimum absolute atomic E-state index is 0.444. The largest absolute Gasteiger partial charge is 0.362 e. The van der Waals surface area contributed by atoms with Crippen LogP contribution in [0, 0.1) is 25.2 Å². The molecular formula is C11H13NO. The Hall–Kier alpha value is -1.33. The molecule has 1 rings (SSSR count). The molecule has 2 nitrogen and oxygen atoms in total. The molecule has 68 valence electrons. The van der Waals surface area contributed by atoms with E-state index in [9.17, 15) is 0 Å². The van der Waals surface area contributed by atoms with Crippen LogP contribution in [-0.2, 0) is 4.74 Å². The summed E-state index contributed by atoms with van der Waals surface area (Å²) in [6.07, 6.45) is -0.444. The second-order valence-corrected chi connectivity index (χ2v) is 3.10. The third-order valence-corrected chi connectivity index (χ3v) is 2.06. The molecule has 0 aromatic heterocycles. The quantitative estimate of drug-likeness (QED) is 0.692. The Kier molecular flexibility index (Phi) is 3.05. The van der Waals surface area contributed by atoms with Crippen LogP contribution < -0.4 is 0 Å². The molecule has 0 aliphatic heterocycles. The highest BCUT2D eigenvalue weighted by atomic mass is 16.5. The predicted molar refractivity (Wildman–Crippen MR) is 51.3 cm³/mol. The van der Waals surface area contributed by atoms with E-state index in [1.165, 1.54) is 5.56 Å². The Morgan fingerprint density at radius 3 is 2.54 bits per heavy atom. The number of hydrogen-bond acceptors (Lipinski definition) is 2. The monoisotopic (exact) mass is 175 g/mol. The van der Waals surface area contributed by atoms with Gasteiger partial charge in [0.15, 0.2) is 6.10 Å². The maximum Gasteiger partial charge on any atom is 0.168 e. The van der Waals surface area contributed by atoms with Gasteiger partial charge < -0.3 is 4.74 Å². The summed E-state index contributed by atoms with van der Waals surface area (Å²) in [5.41, 5.74) is 3.26. The van der Waals surface area contributed by atoms with Gasteiger partial charge in [0.25, 0.3) is 0 Å². The van der Waals surface area contributed by atoms with Gasteiger partial charge in [-0.15, -0.1) is 0 Å². The van der Waals surface area contributed by atoms with Crippen LogP contribution in [0.3, 0.4) is 0 Å². The predicted octanol–water partition coefficient (Wildman–Crippen LogP) is 2.51. The van der Waals surface area contributed by atoms with Gasteiger partial charge >= 0.3 is 0 Å². The van der Waals surface area contributed by atoms with Crippen molar-refractivity contribution in [1.29, 1.82) is 5.26 Å². The zero-order chi connectivity index (χ0) is 9.84. The molecule has 1 aromatic carbocycles. The Balaban J connectivity index is 3.09. The molecule has 1 aromatic rings. The number of rotatable bonds is 2. The lowest BCUT2D eigenvalue weighted by atomic mass is 10.0. The van der Waals surface area contributed by atoms with E-state index in [0.29, 0.717) is 0 Å². The van der Waals surface area contributed by atoms with Crippen LogP contribution in [0.1, 0.15) is 22.8 Å². The third kappa shape index (κ3) is 2.07. The number of benzene rings is 1. The molecule has 13 heavy (non-hydrogen) atoms. The minimum Gasteiger partial charge on any atom is -0.362 e. The minimum atomic E-state index is -0.444. The average Bonchev–Trinajstić information content (AvgIpc) is 2.10. The highest BCUT2D eigenvalue weighted by molar-refractivity contribution is 5.34. The van der Waals surface area contributed by atoms with Crippen molar-refractivity contribution in [3.63, 3.8) is 0 Å². The van der Waals surface area contributed by atoms with Gasteiger partial charge in [-0.25, -0.2) is 0 Å². The molecule has 0 saturated carbocycles. The molecule has 1 atom stereocenters. The second-order valence-electron chi connectivity index (χ2n) is 3.10.